The van der Waals surface area contributed by atoms with Crippen molar-refractivity contribution in [1.29, 1.82) is 0 Å². The molecular weight excluding hydrogens is 362 g/mol. The van der Waals surface area contributed by atoms with Crippen LogP contribution in [-0.4, -0.2) is 17.2 Å². The Balaban J connectivity index is 0.00000196. The summed E-state index contributed by atoms with van der Waals surface area (Å²) in [6.07, 6.45) is 2.83. The minimum Gasteiger partial charge on any atom is -1.00 e. The molecule has 0 radical (unpaired) electrons. The molecule has 0 aliphatic heterocycles. The van der Waals surface area contributed by atoms with Crippen LogP contribution < -0.4 is 45.5 Å². The minimum absolute atomic E-state index is 0. The van der Waals surface area contributed by atoms with Crippen LogP contribution in [0.25, 0.3) is 0 Å². The molecule has 0 aliphatic carbocycles. The molecule has 4 heteroatoms. The Hall–Kier alpha value is -1.44. The standard InChI is InChI=1S/C23H23O2P.Na.H/c24-23(25)18-10-11-19-26(20-12-4-1-5-13-20,21-14-6-2-7-15-21)22-16-8-3-9-17-22;;/h1-9,12-17H,10-11,18-19H2;;/q;+1;-1/p+1. The van der Waals surface area contributed by atoms with E-state index in [1.807, 2.05) is 0 Å². The Kier molecular flexibility index (Phi) is 8.73. The van der Waals surface area contributed by atoms with Crippen molar-refractivity contribution in [2.45, 2.75) is 19.3 Å². The van der Waals surface area contributed by atoms with E-state index in [4.69, 9.17) is 5.11 Å². The smallest absolute Gasteiger partial charge is 1.00 e. The topological polar surface area (TPSA) is 37.3 Å². The van der Waals surface area contributed by atoms with E-state index in [0.717, 1.165) is 12.6 Å². The Bertz CT molecular complexity index is 732. The van der Waals surface area contributed by atoms with Crippen LogP contribution in [0.2, 0.25) is 0 Å². The minimum atomic E-state index is -1.81. The fourth-order valence-corrected chi connectivity index (χ4v) is 7.92. The molecule has 0 aromatic heterocycles. The van der Waals surface area contributed by atoms with Crippen LogP contribution in [0.1, 0.15) is 20.7 Å². The first-order valence-electron chi connectivity index (χ1n) is 9.00. The number of carbonyl (C=O) groups is 1. The quantitative estimate of drug-likeness (QED) is 0.360. The van der Waals surface area contributed by atoms with Gasteiger partial charge in [-0.2, -0.15) is 0 Å². The van der Waals surface area contributed by atoms with Gasteiger partial charge in [0.1, 0.15) is 23.2 Å². The average molecular weight is 387 g/mol. The van der Waals surface area contributed by atoms with Gasteiger partial charge in [-0.3, -0.25) is 4.79 Å². The van der Waals surface area contributed by atoms with Crippen molar-refractivity contribution in [2.75, 3.05) is 6.16 Å². The third-order valence-corrected chi connectivity index (χ3v) is 9.25. The van der Waals surface area contributed by atoms with Crippen LogP contribution in [0, 0.1) is 0 Å². The molecule has 0 aliphatic rings. The van der Waals surface area contributed by atoms with Gasteiger partial charge in [0.2, 0.25) is 0 Å². The van der Waals surface area contributed by atoms with Crippen molar-refractivity contribution in [2.24, 2.45) is 0 Å². The Morgan fingerprint density at radius 1 is 0.704 bits per heavy atom. The maximum atomic E-state index is 10.9. The second-order valence-electron chi connectivity index (χ2n) is 6.39. The van der Waals surface area contributed by atoms with Gasteiger partial charge in [0.15, 0.2) is 0 Å². The van der Waals surface area contributed by atoms with Crippen molar-refractivity contribution in [3.8, 4) is 0 Å². The number of carboxylic acids is 1. The fraction of sp³-hybridized carbons (Fsp3) is 0.174. The molecule has 3 rings (SSSR count). The number of rotatable bonds is 8. The monoisotopic (exact) mass is 387 g/mol. The second-order valence-corrected chi connectivity index (χ2v) is 10.0. The molecule has 27 heavy (non-hydrogen) atoms. The summed E-state index contributed by atoms with van der Waals surface area (Å²) in [6, 6.07) is 32.2. The zero-order valence-corrected chi connectivity index (χ0v) is 18.7. The van der Waals surface area contributed by atoms with E-state index in [1.165, 1.54) is 15.9 Å². The van der Waals surface area contributed by atoms with Crippen LogP contribution in [0.5, 0.6) is 0 Å². The summed E-state index contributed by atoms with van der Waals surface area (Å²) in [6.45, 7) is 0. The predicted molar refractivity (Wildman–Crippen MR) is 113 cm³/mol. The van der Waals surface area contributed by atoms with Gasteiger partial charge in [-0.1, -0.05) is 54.6 Å². The molecule has 2 nitrogen and oxygen atoms in total. The van der Waals surface area contributed by atoms with E-state index < -0.39 is 13.2 Å². The van der Waals surface area contributed by atoms with Crippen LogP contribution in [0.15, 0.2) is 91.0 Å². The van der Waals surface area contributed by atoms with Gasteiger partial charge >= 0.3 is 35.5 Å². The molecule has 0 atom stereocenters. The van der Waals surface area contributed by atoms with Crippen molar-refractivity contribution in [3.63, 3.8) is 0 Å². The van der Waals surface area contributed by atoms with Gasteiger partial charge < -0.3 is 6.53 Å². The van der Waals surface area contributed by atoms with Gasteiger partial charge in [0, 0.05) is 6.42 Å². The van der Waals surface area contributed by atoms with Gasteiger partial charge in [-0.15, -0.1) is 0 Å². The van der Waals surface area contributed by atoms with Crippen LogP contribution in [0.3, 0.4) is 0 Å². The van der Waals surface area contributed by atoms with Crippen molar-refractivity contribution >= 4 is 29.1 Å². The molecule has 0 fully saturated rings. The summed E-state index contributed by atoms with van der Waals surface area (Å²) in [4.78, 5) is 10.9. The number of hydrogen-bond acceptors (Lipinski definition) is 1. The Morgan fingerprint density at radius 2 is 1.07 bits per heavy atom. The van der Waals surface area contributed by atoms with Crippen LogP contribution in [-0.2, 0) is 4.79 Å². The van der Waals surface area contributed by atoms with Crippen LogP contribution in [0.4, 0.5) is 0 Å². The molecule has 3 aromatic rings. The molecular formula is C23H25NaO2P+. The number of aliphatic carboxylic acids is 1. The normalized spacial score (nSPS) is 10.8. The molecule has 0 unspecified atom stereocenters. The molecule has 0 saturated carbocycles. The molecule has 1 N–H and O–H groups in total. The summed E-state index contributed by atoms with van der Waals surface area (Å²) in [5.41, 5.74) is 0. The predicted octanol–water partition coefficient (Wildman–Crippen LogP) is 1.35. The summed E-state index contributed by atoms with van der Waals surface area (Å²) < 4.78 is 0. The number of benzene rings is 3. The van der Waals surface area contributed by atoms with E-state index in [2.05, 4.69) is 91.0 Å². The van der Waals surface area contributed by atoms with E-state index in [0.29, 0.717) is 6.42 Å². The van der Waals surface area contributed by atoms with Crippen molar-refractivity contribution in [3.05, 3.63) is 91.0 Å². The average Bonchev–Trinajstić information content (AvgIpc) is 2.70. The first-order valence-corrected chi connectivity index (χ1v) is 11.0. The van der Waals surface area contributed by atoms with Gasteiger partial charge in [-0.05, 0) is 49.2 Å². The van der Waals surface area contributed by atoms with E-state index in [1.54, 1.807) is 0 Å². The van der Waals surface area contributed by atoms with E-state index >= 15 is 0 Å². The Morgan fingerprint density at radius 3 is 1.41 bits per heavy atom. The molecule has 0 amide bonds. The first-order chi connectivity index (χ1) is 12.7. The number of unbranched alkanes of at least 4 members (excludes halogenated alkanes) is 1. The number of hydrogen-bond donors (Lipinski definition) is 1. The first kappa shape index (κ1) is 21.9. The van der Waals surface area contributed by atoms with Gasteiger partial charge in [-0.25, -0.2) is 0 Å². The molecule has 0 bridgehead atoms. The third kappa shape index (κ3) is 5.30. The number of carboxylic acid groups (broad SMARTS) is 1. The molecule has 3 aromatic carbocycles. The molecule has 0 spiro atoms. The second kappa shape index (κ2) is 10.8. The summed E-state index contributed by atoms with van der Waals surface area (Å²) in [5, 5.41) is 13.1. The fourth-order valence-electron chi connectivity index (χ4n) is 3.51. The molecule has 0 heterocycles. The van der Waals surface area contributed by atoms with E-state index in [-0.39, 0.29) is 37.4 Å². The SMILES string of the molecule is O=C(O)CCCC[P+](c1ccccc1)(c1ccccc1)c1ccccc1.[H-].[Na+]. The van der Waals surface area contributed by atoms with Gasteiger partial charge in [0.05, 0.1) is 6.16 Å². The third-order valence-electron chi connectivity index (χ3n) is 4.73. The maximum Gasteiger partial charge on any atom is 1.00 e. The summed E-state index contributed by atoms with van der Waals surface area (Å²) >= 11 is 0. The maximum absolute atomic E-state index is 10.9. The van der Waals surface area contributed by atoms with Crippen molar-refractivity contribution in [1.82, 2.24) is 0 Å². The van der Waals surface area contributed by atoms with Crippen LogP contribution >= 0.6 is 7.26 Å². The summed E-state index contributed by atoms with van der Waals surface area (Å²) in [5.74, 6) is -0.715. The van der Waals surface area contributed by atoms with Gasteiger partial charge in [0.25, 0.3) is 0 Å². The van der Waals surface area contributed by atoms with Crippen molar-refractivity contribution < 1.29 is 40.9 Å². The molecule has 134 valence electrons. The zero-order valence-electron chi connectivity index (χ0n) is 16.8. The Labute approximate surface area is 185 Å². The molecule has 0 saturated heterocycles. The largest absolute Gasteiger partial charge is 1.00 e. The zero-order chi connectivity index (χ0) is 18.2. The van der Waals surface area contributed by atoms with E-state index in [9.17, 15) is 4.79 Å². The summed E-state index contributed by atoms with van der Waals surface area (Å²) in [7, 11) is -1.81.